The molecule has 0 atom stereocenters. The lowest BCUT2D eigenvalue weighted by atomic mass is 9.91. The third-order valence-electron chi connectivity index (χ3n) is 5.49. The molecule has 0 aromatic heterocycles. The van der Waals surface area contributed by atoms with E-state index in [9.17, 15) is 4.79 Å². The van der Waals surface area contributed by atoms with Crippen LogP contribution < -0.4 is 5.32 Å². The minimum absolute atomic E-state index is 0.0233. The molecule has 3 rings (SSSR count). The molecule has 5 nitrogen and oxygen atoms in total. The smallest absolute Gasteiger partial charge is 0.253 e. The van der Waals surface area contributed by atoms with Gasteiger partial charge in [-0.2, -0.15) is 0 Å². The lowest BCUT2D eigenvalue weighted by molar-refractivity contribution is 0.0827. The maximum absolute atomic E-state index is 12.0. The summed E-state index contributed by atoms with van der Waals surface area (Å²) in [6.45, 7) is 2.24. The van der Waals surface area contributed by atoms with Gasteiger partial charge in [0.1, 0.15) is 0 Å². The fourth-order valence-corrected chi connectivity index (χ4v) is 3.60. The van der Waals surface area contributed by atoms with Crippen molar-refractivity contribution >= 4 is 17.3 Å². The first kappa shape index (κ1) is 18.6. The number of hydrogen-bond donors (Lipinski definition) is 1. The SMILES string of the molecule is CN=C1CCN(C2CCC2)CC/C1=C/Nc1ccc(C(=O)N(C)C)cc1. The van der Waals surface area contributed by atoms with E-state index in [2.05, 4.69) is 21.4 Å². The molecule has 1 N–H and O–H groups in total. The predicted octanol–water partition coefficient (Wildman–Crippen LogP) is 3.40. The van der Waals surface area contributed by atoms with Crippen LogP contribution in [0.15, 0.2) is 41.0 Å². The van der Waals surface area contributed by atoms with Crippen molar-refractivity contribution in [3.8, 4) is 0 Å². The van der Waals surface area contributed by atoms with Crippen LogP contribution in [0.25, 0.3) is 0 Å². The van der Waals surface area contributed by atoms with Crippen LogP contribution >= 0.6 is 0 Å². The van der Waals surface area contributed by atoms with E-state index in [0.717, 1.165) is 37.7 Å². The van der Waals surface area contributed by atoms with Gasteiger partial charge in [-0.15, -0.1) is 0 Å². The van der Waals surface area contributed by atoms with Crippen molar-refractivity contribution in [3.63, 3.8) is 0 Å². The summed E-state index contributed by atoms with van der Waals surface area (Å²) in [6.07, 6.45) is 8.24. The van der Waals surface area contributed by atoms with Crippen molar-refractivity contribution in [1.29, 1.82) is 0 Å². The Hall–Kier alpha value is -2.14. The largest absolute Gasteiger partial charge is 0.361 e. The number of aliphatic imine (C=N–C) groups is 1. The number of rotatable bonds is 4. The molecule has 1 amide bonds. The van der Waals surface area contributed by atoms with Gasteiger partial charge in [0.2, 0.25) is 0 Å². The standard InChI is InChI=1S/C21H30N4O/c1-22-20-12-14-25(19-5-4-6-19)13-11-17(20)15-23-18-9-7-16(8-10-18)21(26)24(2)3/h7-10,15,19,23H,4-6,11-14H2,1-3H3/b17-15-,22-20?. The summed E-state index contributed by atoms with van der Waals surface area (Å²) in [7, 11) is 5.43. The van der Waals surface area contributed by atoms with E-state index < -0.39 is 0 Å². The van der Waals surface area contributed by atoms with Crippen LogP contribution in [0.4, 0.5) is 5.69 Å². The van der Waals surface area contributed by atoms with Crippen molar-refractivity contribution in [3.05, 3.63) is 41.6 Å². The van der Waals surface area contributed by atoms with Gasteiger partial charge in [0.05, 0.1) is 0 Å². The molecule has 1 saturated carbocycles. The summed E-state index contributed by atoms with van der Waals surface area (Å²) in [5.41, 5.74) is 4.19. The highest BCUT2D eigenvalue weighted by Crippen LogP contribution is 2.27. The molecule has 0 spiro atoms. The van der Waals surface area contributed by atoms with Crippen LogP contribution in [-0.4, -0.2) is 61.7 Å². The first-order valence-electron chi connectivity index (χ1n) is 9.56. The molecule has 1 aliphatic heterocycles. The monoisotopic (exact) mass is 354 g/mol. The predicted molar refractivity (Wildman–Crippen MR) is 108 cm³/mol. The Morgan fingerprint density at radius 3 is 2.46 bits per heavy atom. The molecule has 2 aliphatic rings. The van der Waals surface area contributed by atoms with Gasteiger partial charge in [-0.25, -0.2) is 0 Å². The van der Waals surface area contributed by atoms with Gasteiger partial charge in [-0.1, -0.05) is 6.42 Å². The average molecular weight is 354 g/mol. The zero-order chi connectivity index (χ0) is 18.5. The van der Waals surface area contributed by atoms with Crippen molar-refractivity contribution in [1.82, 2.24) is 9.80 Å². The molecule has 5 heteroatoms. The number of carbonyl (C=O) groups is 1. The molecule has 140 valence electrons. The highest BCUT2D eigenvalue weighted by atomic mass is 16.2. The number of amides is 1. The zero-order valence-electron chi connectivity index (χ0n) is 16.2. The summed E-state index contributed by atoms with van der Waals surface area (Å²) >= 11 is 0. The average Bonchev–Trinajstić information content (AvgIpc) is 2.80. The molecule has 1 saturated heterocycles. The highest BCUT2D eigenvalue weighted by Gasteiger charge is 2.27. The van der Waals surface area contributed by atoms with E-state index in [1.165, 1.54) is 30.5 Å². The van der Waals surface area contributed by atoms with Crippen molar-refractivity contribution in [2.45, 2.75) is 38.1 Å². The van der Waals surface area contributed by atoms with Gasteiger partial charge in [0.25, 0.3) is 5.91 Å². The van der Waals surface area contributed by atoms with Gasteiger partial charge in [0, 0.05) is 69.9 Å². The molecule has 1 heterocycles. The minimum atomic E-state index is 0.0233. The number of anilines is 1. The van der Waals surface area contributed by atoms with Crippen LogP contribution in [0.2, 0.25) is 0 Å². The topological polar surface area (TPSA) is 47.9 Å². The molecule has 0 unspecified atom stereocenters. The van der Waals surface area contributed by atoms with E-state index in [1.54, 1.807) is 19.0 Å². The lowest BCUT2D eigenvalue weighted by Crippen LogP contribution is -2.40. The van der Waals surface area contributed by atoms with E-state index in [-0.39, 0.29) is 5.91 Å². The molecular formula is C21H30N4O. The molecule has 0 radical (unpaired) electrons. The summed E-state index contributed by atoms with van der Waals surface area (Å²) < 4.78 is 0. The van der Waals surface area contributed by atoms with Crippen molar-refractivity contribution in [2.75, 3.05) is 39.5 Å². The van der Waals surface area contributed by atoms with Crippen LogP contribution in [0, 0.1) is 0 Å². The number of benzene rings is 1. The number of hydrogen-bond acceptors (Lipinski definition) is 4. The Morgan fingerprint density at radius 2 is 1.88 bits per heavy atom. The molecule has 0 bridgehead atoms. The number of nitrogens with zero attached hydrogens (tertiary/aromatic N) is 3. The zero-order valence-corrected chi connectivity index (χ0v) is 16.2. The second-order valence-corrected chi connectivity index (χ2v) is 7.38. The highest BCUT2D eigenvalue weighted by molar-refractivity contribution is 6.00. The van der Waals surface area contributed by atoms with E-state index in [4.69, 9.17) is 0 Å². The number of likely N-dealkylation sites (tertiary alicyclic amines) is 1. The third kappa shape index (κ3) is 4.33. The fourth-order valence-electron chi connectivity index (χ4n) is 3.60. The van der Waals surface area contributed by atoms with Crippen LogP contribution in [-0.2, 0) is 0 Å². The lowest BCUT2D eigenvalue weighted by Gasteiger charge is -2.36. The van der Waals surface area contributed by atoms with Crippen molar-refractivity contribution < 1.29 is 4.79 Å². The third-order valence-corrected chi connectivity index (χ3v) is 5.49. The Balaban J connectivity index is 1.65. The molecule has 2 fully saturated rings. The second kappa shape index (κ2) is 8.49. The van der Waals surface area contributed by atoms with Gasteiger partial charge in [-0.05, 0) is 49.1 Å². The van der Waals surface area contributed by atoms with E-state index in [1.807, 2.05) is 31.3 Å². The Bertz CT molecular complexity index is 686. The molecule has 1 aliphatic carbocycles. The Labute approximate surface area is 156 Å². The maximum atomic E-state index is 12.0. The Morgan fingerprint density at radius 1 is 1.19 bits per heavy atom. The summed E-state index contributed by atoms with van der Waals surface area (Å²) in [5, 5.41) is 3.39. The molecule has 26 heavy (non-hydrogen) atoms. The van der Waals surface area contributed by atoms with Gasteiger partial charge < -0.3 is 10.2 Å². The fraction of sp³-hybridized carbons (Fsp3) is 0.524. The molecule has 1 aromatic carbocycles. The summed E-state index contributed by atoms with van der Waals surface area (Å²) in [5.74, 6) is 0.0233. The Kier molecular flexibility index (Phi) is 6.09. The van der Waals surface area contributed by atoms with Gasteiger partial charge in [-0.3, -0.25) is 14.7 Å². The van der Waals surface area contributed by atoms with Crippen molar-refractivity contribution in [2.24, 2.45) is 4.99 Å². The first-order chi connectivity index (χ1) is 12.6. The minimum Gasteiger partial charge on any atom is -0.361 e. The van der Waals surface area contributed by atoms with Gasteiger partial charge in [0.15, 0.2) is 0 Å². The molecular weight excluding hydrogens is 324 g/mol. The van der Waals surface area contributed by atoms with Crippen LogP contribution in [0.3, 0.4) is 0 Å². The van der Waals surface area contributed by atoms with Gasteiger partial charge >= 0.3 is 0 Å². The van der Waals surface area contributed by atoms with Crippen LogP contribution in [0.1, 0.15) is 42.5 Å². The number of carbonyl (C=O) groups excluding carboxylic acids is 1. The van der Waals surface area contributed by atoms with E-state index >= 15 is 0 Å². The maximum Gasteiger partial charge on any atom is 0.253 e. The van der Waals surface area contributed by atoms with Crippen LogP contribution in [0.5, 0.6) is 0 Å². The van der Waals surface area contributed by atoms with E-state index in [0.29, 0.717) is 5.56 Å². The number of nitrogens with one attached hydrogen (secondary N) is 1. The quantitative estimate of drug-likeness (QED) is 0.901. The summed E-state index contributed by atoms with van der Waals surface area (Å²) in [6, 6.07) is 8.43. The normalized spacial score (nSPS) is 22.1. The second-order valence-electron chi connectivity index (χ2n) is 7.38. The first-order valence-corrected chi connectivity index (χ1v) is 9.56. The summed E-state index contributed by atoms with van der Waals surface area (Å²) in [4.78, 5) is 20.7. The molecule has 1 aromatic rings.